The number of fused-ring (bicyclic) bond motifs is 1. The molecule has 0 aliphatic rings. The predicted molar refractivity (Wildman–Crippen MR) is 105 cm³/mol. The zero-order chi connectivity index (χ0) is 20.9. The predicted octanol–water partition coefficient (Wildman–Crippen LogP) is 2.00. The van der Waals surface area contributed by atoms with E-state index in [1.54, 1.807) is 0 Å². The largest absolute Gasteiger partial charge is 0.726 e. The minimum atomic E-state index is -4.92. The van der Waals surface area contributed by atoms with E-state index < -0.39 is 10.4 Å². The van der Waals surface area contributed by atoms with E-state index in [0.29, 0.717) is 11.1 Å². The van der Waals surface area contributed by atoms with Crippen molar-refractivity contribution in [1.29, 1.82) is 0 Å². The summed E-state index contributed by atoms with van der Waals surface area (Å²) in [5, 5.41) is 0.910. The molecule has 0 radical (unpaired) electrons. The molecule has 0 fully saturated rings. The zero-order valence-electron chi connectivity index (χ0n) is 15.4. The molecule has 0 aliphatic heterocycles. The Morgan fingerprint density at radius 1 is 1.21 bits per heavy atom. The van der Waals surface area contributed by atoms with Crippen LogP contribution in [-0.2, 0) is 16.9 Å². The molecule has 1 aromatic carbocycles. The van der Waals surface area contributed by atoms with Crippen LogP contribution in [0, 0.1) is 0 Å². The number of pyridine rings is 1. The highest BCUT2D eigenvalue weighted by Gasteiger charge is 2.10. The van der Waals surface area contributed by atoms with Gasteiger partial charge < -0.3 is 13.9 Å². The fourth-order valence-electron chi connectivity index (χ4n) is 2.49. The van der Waals surface area contributed by atoms with E-state index >= 15 is 0 Å². The number of aromatic nitrogens is 1. The molecular weight excluding hydrogens is 384 g/mol. The molecule has 0 amide bonds. The van der Waals surface area contributed by atoms with Crippen molar-refractivity contribution in [3.63, 3.8) is 0 Å². The van der Waals surface area contributed by atoms with Crippen LogP contribution in [0.2, 0.25) is 0 Å². The van der Waals surface area contributed by atoms with Gasteiger partial charge in [0, 0.05) is 48.9 Å². The van der Waals surface area contributed by atoms with E-state index in [0.717, 1.165) is 23.2 Å². The lowest BCUT2D eigenvalue weighted by atomic mass is 10.1. The molecule has 2 aromatic heterocycles. The topological polar surface area (TPSA) is 115 Å². The van der Waals surface area contributed by atoms with Crippen LogP contribution in [0.25, 0.3) is 22.1 Å². The smallest absolute Gasteiger partial charge is 0.344 e. The summed E-state index contributed by atoms with van der Waals surface area (Å²) in [6.45, 7) is 4.45. The van der Waals surface area contributed by atoms with E-state index in [1.165, 1.54) is 0 Å². The highest BCUT2D eigenvalue weighted by atomic mass is 32.3. The van der Waals surface area contributed by atoms with Crippen molar-refractivity contribution in [2.45, 2.75) is 6.54 Å². The second-order valence-corrected chi connectivity index (χ2v) is 6.92. The Hall–Kier alpha value is -3.01. The van der Waals surface area contributed by atoms with Gasteiger partial charge in [-0.25, -0.2) is 17.8 Å². The number of rotatable bonds is 4. The van der Waals surface area contributed by atoms with Gasteiger partial charge in [0.05, 0.1) is 5.56 Å². The standard InChI is InChI=1S/C19H19N2O2.H2O4S/c1-4-9-21-10-7-14(8-11-21)17-12-15-5-6-16(20(2)3)13-18(15)23-19(17)22;1-5(2,3)4/h4-8,10-13H,1,9H2,2-3H3;(H2,1,2,3,4)/q+1;/p-1. The van der Waals surface area contributed by atoms with Gasteiger partial charge in [0.2, 0.25) is 10.4 Å². The van der Waals surface area contributed by atoms with E-state index in [4.69, 9.17) is 21.9 Å². The maximum Gasteiger partial charge on any atom is 0.344 e. The molecular formula is C19H20N2O6S. The minimum absolute atomic E-state index is 0.324. The summed E-state index contributed by atoms with van der Waals surface area (Å²) < 4.78 is 40.3. The lowest BCUT2D eigenvalue weighted by Crippen LogP contribution is -2.31. The Bertz CT molecular complexity index is 1130. The van der Waals surface area contributed by atoms with Gasteiger partial charge in [-0.05, 0) is 24.3 Å². The van der Waals surface area contributed by atoms with Crippen molar-refractivity contribution in [1.82, 2.24) is 0 Å². The Morgan fingerprint density at radius 3 is 2.36 bits per heavy atom. The molecule has 0 aliphatic carbocycles. The number of nitrogens with zero attached hydrogens (tertiary/aromatic N) is 2. The van der Waals surface area contributed by atoms with E-state index in [1.807, 2.05) is 78.4 Å². The number of hydrogen-bond acceptors (Lipinski definition) is 6. The Kier molecular flexibility index (Phi) is 6.68. The molecule has 0 saturated carbocycles. The maximum absolute atomic E-state index is 12.3. The molecule has 0 unspecified atom stereocenters. The van der Waals surface area contributed by atoms with Crippen LogP contribution < -0.4 is 15.1 Å². The molecule has 3 aromatic rings. The van der Waals surface area contributed by atoms with Crippen molar-refractivity contribution in [3.05, 3.63) is 71.9 Å². The summed E-state index contributed by atoms with van der Waals surface area (Å²) in [4.78, 5) is 14.3. The first kappa shape index (κ1) is 21.3. The lowest BCUT2D eigenvalue weighted by Gasteiger charge is -2.12. The van der Waals surface area contributed by atoms with Crippen LogP contribution in [0.3, 0.4) is 0 Å². The fourth-order valence-corrected chi connectivity index (χ4v) is 2.49. The van der Waals surface area contributed by atoms with E-state index in [-0.39, 0.29) is 5.63 Å². The Labute approximate surface area is 162 Å². The third-order valence-corrected chi connectivity index (χ3v) is 3.78. The number of allylic oxidation sites excluding steroid dienone is 1. The summed E-state index contributed by atoms with van der Waals surface area (Å²) >= 11 is 0. The maximum atomic E-state index is 12.3. The summed E-state index contributed by atoms with van der Waals surface area (Å²) in [5.41, 5.74) is 2.69. The molecule has 0 saturated heterocycles. The highest BCUT2D eigenvalue weighted by molar-refractivity contribution is 7.79. The first-order valence-electron chi connectivity index (χ1n) is 8.12. The quantitative estimate of drug-likeness (QED) is 0.232. The van der Waals surface area contributed by atoms with Crippen LogP contribution in [0.15, 0.2) is 70.7 Å². The van der Waals surface area contributed by atoms with Crippen LogP contribution in [0.1, 0.15) is 0 Å². The highest BCUT2D eigenvalue weighted by Crippen LogP contribution is 2.23. The molecule has 28 heavy (non-hydrogen) atoms. The molecule has 3 rings (SSSR count). The summed E-state index contributed by atoms with van der Waals surface area (Å²) in [5.74, 6) is 0. The fraction of sp³-hybridized carbons (Fsp3) is 0.158. The Morgan fingerprint density at radius 2 is 1.82 bits per heavy atom. The normalized spacial score (nSPS) is 10.9. The zero-order valence-corrected chi connectivity index (χ0v) is 16.2. The van der Waals surface area contributed by atoms with Gasteiger partial charge in [0.15, 0.2) is 18.9 Å². The average Bonchev–Trinajstić information content (AvgIpc) is 2.60. The molecule has 8 nitrogen and oxygen atoms in total. The van der Waals surface area contributed by atoms with Crippen LogP contribution in [0.5, 0.6) is 0 Å². The molecule has 0 bridgehead atoms. The van der Waals surface area contributed by atoms with E-state index in [2.05, 4.69) is 6.58 Å². The van der Waals surface area contributed by atoms with E-state index in [9.17, 15) is 4.79 Å². The minimum Gasteiger partial charge on any atom is -0.726 e. The van der Waals surface area contributed by atoms with Crippen LogP contribution >= 0.6 is 0 Å². The number of benzene rings is 1. The molecule has 0 spiro atoms. The van der Waals surface area contributed by atoms with Crippen molar-refractivity contribution in [2.24, 2.45) is 0 Å². The molecule has 1 N–H and O–H groups in total. The van der Waals surface area contributed by atoms with Gasteiger partial charge in [0.25, 0.3) is 0 Å². The lowest BCUT2D eigenvalue weighted by molar-refractivity contribution is -0.686. The van der Waals surface area contributed by atoms with Gasteiger partial charge in [-0.15, -0.1) is 0 Å². The SMILES string of the molecule is C=CC[n+]1ccc(-c2cc3ccc(N(C)C)cc3oc2=O)cc1.O=S(=O)([O-])O. The van der Waals surface area contributed by atoms with Crippen LogP contribution in [0.4, 0.5) is 5.69 Å². The van der Waals surface area contributed by atoms with Crippen molar-refractivity contribution in [2.75, 3.05) is 19.0 Å². The van der Waals surface area contributed by atoms with Gasteiger partial charge in [0.1, 0.15) is 5.58 Å². The monoisotopic (exact) mass is 404 g/mol. The molecule has 2 heterocycles. The number of hydrogen-bond donors (Lipinski definition) is 1. The molecule has 148 valence electrons. The molecule has 9 heteroatoms. The Balaban J connectivity index is 0.000000500. The van der Waals surface area contributed by atoms with Gasteiger partial charge in [-0.2, -0.15) is 0 Å². The first-order valence-corrected chi connectivity index (χ1v) is 9.49. The van der Waals surface area contributed by atoms with Crippen LogP contribution in [-0.4, -0.2) is 31.6 Å². The first-order chi connectivity index (χ1) is 13.1. The summed E-state index contributed by atoms with van der Waals surface area (Å²) in [6.07, 6.45) is 5.68. The third kappa shape index (κ3) is 6.02. The second-order valence-electron chi connectivity index (χ2n) is 6.06. The summed E-state index contributed by atoms with van der Waals surface area (Å²) in [6, 6.07) is 11.6. The van der Waals surface area contributed by atoms with Crippen molar-refractivity contribution in [3.8, 4) is 11.1 Å². The third-order valence-electron chi connectivity index (χ3n) is 3.78. The number of anilines is 1. The molecule has 0 atom stereocenters. The van der Waals surface area contributed by atoms with Crippen molar-refractivity contribution < 1.29 is 26.5 Å². The average molecular weight is 404 g/mol. The van der Waals surface area contributed by atoms with Crippen molar-refractivity contribution >= 4 is 27.1 Å². The second kappa shape index (κ2) is 8.79. The summed E-state index contributed by atoms with van der Waals surface area (Å²) in [7, 11) is -1.01. The van der Waals surface area contributed by atoms with Gasteiger partial charge in [-0.3, -0.25) is 4.55 Å². The van der Waals surface area contributed by atoms with Gasteiger partial charge in [-0.1, -0.05) is 6.58 Å². The van der Waals surface area contributed by atoms with Gasteiger partial charge >= 0.3 is 5.63 Å².